The Balaban J connectivity index is 3.67. The van der Waals surface area contributed by atoms with Crippen molar-refractivity contribution >= 4 is 81.6 Å². The summed E-state index contributed by atoms with van der Waals surface area (Å²) < 4.78 is 11.5. The summed E-state index contributed by atoms with van der Waals surface area (Å²) in [6, 6.07) is 0. The topological polar surface area (TPSA) is 17.1 Å². The third kappa shape index (κ3) is 2.54. The number of benzene rings is 1. The van der Waals surface area contributed by atoms with Crippen LogP contribution in [0.5, 0.6) is 0 Å². The molecule has 0 fully saturated rings. The summed E-state index contributed by atoms with van der Waals surface area (Å²) >= 11 is 28.9. The average Bonchev–Trinajstić information content (AvgIpc) is 2.23. The molecule has 1 nitrogen and oxygen atoms in total. The van der Waals surface area contributed by atoms with Crippen LogP contribution in [0.3, 0.4) is 0 Å². The quantitative estimate of drug-likeness (QED) is 0.457. The van der Waals surface area contributed by atoms with E-state index >= 15 is 0 Å². The first-order valence-corrected chi connectivity index (χ1v) is 6.49. The van der Waals surface area contributed by atoms with Crippen LogP contribution in [-0.2, 0) is 10.8 Å². The van der Waals surface area contributed by atoms with Gasteiger partial charge in [-0.15, -0.1) is 0 Å². The maximum absolute atomic E-state index is 11.5. The summed E-state index contributed by atoms with van der Waals surface area (Å²) in [5, 5.41) is 0.905. The van der Waals surface area contributed by atoms with Crippen molar-refractivity contribution in [3.63, 3.8) is 0 Å². The third-order valence-corrected chi connectivity index (χ3v) is 5.05. The Morgan fingerprint density at radius 3 is 1.53 bits per heavy atom. The predicted octanol–water partition coefficient (Wildman–Crippen LogP) is 3.99. The molecule has 0 aromatic heterocycles. The van der Waals surface area contributed by atoms with E-state index in [1.54, 1.807) is 0 Å². The zero-order chi connectivity index (χ0) is 11.7. The van der Waals surface area contributed by atoms with E-state index in [2.05, 4.69) is 0 Å². The number of hydrogen-bond donors (Lipinski definition) is 0. The molecule has 1 atom stereocenters. The third-order valence-electron chi connectivity index (χ3n) is 1.49. The van der Waals surface area contributed by atoms with Crippen LogP contribution in [0.15, 0.2) is 4.90 Å². The number of hydrogen-bond acceptors (Lipinski definition) is 1. The van der Waals surface area contributed by atoms with Gasteiger partial charge in [0.25, 0.3) is 0 Å². The van der Waals surface area contributed by atoms with Gasteiger partial charge in [0.15, 0.2) is 0 Å². The summed E-state index contributed by atoms with van der Waals surface area (Å²) in [7, 11) is 3.44. The SMILES string of the molecule is [B]=CS(=O)c1c(Cl)c(Cl)c(Cl)c(Cl)c1Cl. The van der Waals surface area contributed by atoms with E-state index < -0.39 is 10.8 Å². The molecule has 1 radical (unpaired) electrons. The van der Waals surface area contributed by atoms with Crippen molar-refractivity contribution in [2.75, 3.05) is 0 Å². The van der Waals surface area contributed by atoms with E-state index in [1.807, 2.05) is 0 Å². The van der Waals surface area contributed by atoms with Crippen LogP contribution < -0.4 is 0 Å². The van der Waals surface area contributed by atoms with Gasteiger partial charge in [-0.25, -0.2) is 0 Å². The van der Waals surface area contributed by atoms with E-state index in [4.69, 9.17) is 65.5 Å². The average molecular weight is 321 g/mol. The molecule has 0 heterocycles. The number of halogens is 5. The first-order chi connectivity index (χ1) is 6.91. The fraction of sp³-hybridized carbons (Fsp3) is 0. The van der Waals surface area contributed by atoms with E-state index in [1.165, 1.54) is 0 Å². The molecule has 0 aliphatic rings. The first-order valence-electron chi connectivity index (χ1n) is 3.38. The van der Waals surface area contributed by atoms with Crippen LogP contribution in [0.2, 0.25) is 25.1 Å². The van der Waals surface area contributed by atoms with Gasteiger partial charge in [0.1, 0.15) is 0 Å². The second kappa shape index (κ2) is 5.39. The van der Waals surface area contributed by atoms with Crippen LogP contribution in [0, 0.1) is 0 Å². The standard InChI is InChI=1S/C7HBCl5OS/c8-1-15(14)7-5(12)3(10)2(9)4(11)6(7)13/h1H. The Kier molecular flexibility index (Phi) is 4.97. The van der Waals surface area contributed by atoms with Gasteiger partial charge in [-0.2, -0.15) is 0 Å². The van der Waals surface area contributed by atoms with Gasteiger partial charge >= 0.3 is 116 Å². The van der Waals surface area contributed by atoms with Crippen LogP contribution >= 0.6 is 58.0 Å². The molecule has 8 heteroatoms. The fourth-order valence-corrected chi connectivity index (χ4v) is 3.23. The monoisotopic (exact) mass is 319 g/mol. The van der Waals surface area contributed by atoms with Crippen LogP contribution in [0.25, 0.3) is 0 Å². The molecule has 0 bridgehead atoms. The molecule has 1 aromatic rings. The molecule has 0 saturated carbocycles. The van der Waals surface area contributed by atoms with Gasteiger partial charge < -0.3 is 0 Å². The Morgan fingerprint density at radius 1 is 0.867 bits per heavy atom. The summed E-state index contributed by atoms with van der Waals surface area (Å²) in [6.07, 6.45) is 0. The van der Waals surface area contributed by atoms with Gasteiger partial charge in [0.2, 0.25) is 0 Å². The molecule has 0 spiro atoms. The Bertz CT molecular complexity index is 432. The van der Waals surface area contributed by atoms with Gasteiger partial charge in [-0.1, -0.05) is 0 Å². The molecule has 0 aliphatic carbocycles. The second-order valence-electron chi connectivity index (χ2n) is 2.33. The van der Waals surface area contributed by atoms with Gasteiger partial charge in [0, 0.05) is 0 Å². The Hall–Kier alpha value is 0.755. The Labute approximate surface area is 115 Å². The van der Waals surface area contributed by atoms with Crippen molar-refractivity contribution < 1.29 is 4.21 Å². The van der Waals surface area contributed by atoms with E-state index in [0.717, 1.165) is 5.30 Å². The van der Waals surface area contributed by atoms with E-state index in [0.29, 0.717) is 0 Å². The zero-order valence-electron chi connectivity index (χ0n) is 6.86. The summed E-state index contributed by atoms with van der Waals surface area (Å²) in [6.45, 7) is 0. The maximum atomic E-state index is 11.5. The van der Waals surface area contributed by atoms with Crippen molar-refractivity contribution in [3.05, 3.63) is 25.1 Å². The number of rotatable bonds is 2. The van der Waals surface area contributed by atoms with Crippen LogP contribution in [0.4, 0.5) is 0 Å². The van der Waals surface area contributed by atoms with E-state index in [-0.39, 0.29) is 30.0 Å². The zero-order valence-corrected chi connectivity index (χ0v) is 11.5. The van der Waals surface area contributed by atoms with Crippen molar-refractivity contribution in [1.82, 2.24) is 0 Å². The van der Waals surface area contributed by atoms with Crippen LogP contribution in [0.1, 0.15) is 0 Å². The molecule has 0 amide bonds. The molecular formula is C7HBCl5OS. The molecule has 1 unspecified atom stereocenters. The Morgan fingerprint density at radius 2 is 1.20 bits per heavy atom. The molecular weight excluding hydrogens is 320 g/mol. The second-order valence-corrected chi connectivity index (χ2v) is 5.50. The van der Waals surface area contributed by atoms with Crippen molar-refractivity contribution in [2.24, 2.45) is 0 Å². The molecule has 79 valence electrons. The van der Waals surface area contributed by atoms with E-state index in [9.17, 15) is 4.21 Å². The molecule has 15 heavy (non-hydrogen) atoms. The van der Waals surface area contributed by atoms with Gasteiger partial charge in [-0.05, 0) is 0 Å². The molecule has 1 rings (SSSR count). The van der Waals surface area contributed by atoms with Crippen molar-refractivity contribution in [1.29, 1.82) is 0 Å². The summed E-state index contributed by atoms with van der Waals surface area (Å²) in [5.41, 5.74) is 0. The molecule has 1 aromatic carbocycles. The molecule has 0 saturated heterocycles. The predicted molar refractivity (Wildman–Crippen MR) is 69.7 cm³/mol. The minimum absolute atomic E-state index is 0.00191. The normalized spacial score (nSPS) is 12.5. The molecule has 0 N–H and O–H groups in total. The first kappa shape index (κ1) is 13.8. The van der Waals surface area contributed by atoms with Crippen molar-refractivity contribution in [3.8, 4) is 0 Å². The fourth-order valence-electron chi connectivity index (χ4n) is 0.829. The van der Waals surface area contributed by atoms with Crippen LogP contribution in [-0.4, -0.2) is 17.0 Å². The minimum atomic E-state index is -1.68. The summed E-state index contributed by atoms with van der Waals surface area (Å²) in [5.74, 6) is 0. The van der Waals surface area contributed by atoms with Gasteiger partial charge in [-0.3, -0.25) is 0 Å². The van der Waals surface area contributed by atoms with Gasteiger partial charge in [0.05, 0.1) is 0 Å². The molecule has 0 aliphatic heterocycles. The van der Waals surface area contributed by atoms with Crippen molar-refractivity contribution in [2.45, 2.75) is 4.90 Å². The summed E-state index contributed by atoms with van der Waals surface area (Å²) in [4.78, 5) is 0.0558.